The van der Waals surface area contributed by atoms with Crippen molar-refractivity contribution in [1.82, 2.24) is 4.98 Å². The third-order valence-corrected chi connectivity index (χ3v) is 3.17. The number of fused-ring (bicyclic) bond motifs is 1. The number of nitrogens with one attached hydrogen (secondary N) is 1. The third-order valence-electron chi connectivity index (χ3n) is 2.51. The second kappa shape index (κ2) is 4.88. The van der Waals surface area contributed by atoms with Gasteiger partial charge in [-0.1, -0.05) is 15.9 Å². The van der Waals surface area contributed by atoms with Gasteiger partial charge in [-0.25, -0.2) is 4.79 Å². The lowest BCUT2D eigenvalue weighted by Crippen LogP contribution is -2.05. The van der Waals surface area contributed by atoms with Gasteiger partial charge in [0.25, 0.3) is 0 Å². The van der Waals surface area contributed by atoms with E-state index in [2.05, 4.69) is 20.9 Å². The number of aromatic nitrogens is 1. The SMILES string of the molecule is CCOC(=O)c1cc2c(Br)cc(C(F)(F)F)cc2[nH]1. The first-order chi connectivity index (χ1) is 8.82. The molecule has 1 aromatic carbocycles. The number of carbonyl (C=O) groups excluding carboxylic acids is 1. The molecule has 0 saturated heterocycles. The molecule has 0 aliphatic heterocycles. The van der Waals surface area contributed by atoms with Crippen molar-refractivity contribution in [3.63, 3.8) is 0 Å². The van der Waals surface area contributed by atoms with Gasteiger partial charge in [0.05, 0.1) is 12.2 Å². The lowest BCUT2D eigenvalue weighted by Gasteiger charge is -2.07. The zero-order valence-electron chi connectivity index (χ0n) is 9.77. The van der Waals surface area contributed by atoms with Gasteiger partial charge in [0.1, 0.15) is 5.69 Å². The van der Waals surface area contributed by atoms with Gasteiger partial charge in [0, 0.05) is 15.4 Å². The van der Waals surface area contributed by atoms with Crippen LogP contribution >= 0.6 is 15.9 Å². The van der Waals surface area contributed by atoms with Gasteiger partial charge in [-0.3, -0.25) is 0 Å². The average molecular weight is 336 g/mol. The Kier molecular flexibility index (Phi) is 3.58. The standard InChI is InChI=1S/C12H9BrF3NO2/c1-2-19-11(18)10-5-7-8(13)3-6(12(14,15)16)4-9(7)17-10/h3-5,17H,2H2,1H3. The minimum atomic E-state index is -4.44. The lowest BCUT2D eigenvalue weighted by atomic mass is 10.1. The summed E-state index contributed by atoms with van der Waals surface area (Å²) < 4.78 is 43.0. The van der Waals surface area contributed by atoms with Gasteiger partial charge in [-0.15, -0.1) is 0 Å². The van der Waals surface area contributed by atoms with Crippen molar-refractivity contribution in [2.75, 3.05) is 6.61 Å². The maximum Gasteiger partial charge on any atom is 0.416 e. The quantitative estimate of drug-likeness (QED) is 0.838. The van der Waals surface area contributed by atoms with E-state index in [9.17, 15) is 18.0 Å². The van der Waals surface area contributed by atoms with Gasteiger partial charge in [0.15, 0.2) is 0 Å². The lowest BCUT2D eigenvalue weighted by molar-refractivity contribution is -0.137. The predicted octanol–water partition coefficient (Wildman–Crippen LogP) is 4.13. The van der Waals surface area contributed by atoms with Crippen LogP contribution in [0, 0.1) is 0 Å². The average Bonchev–Trinajstić information content (AvgIpc) is 2.72. The van der Waals surface area contributed by atoms with E-state index in [0.29, 0.717) is 5.39 Å². The Morgan fingerprint density at radius 3 is 2.63 bits per heavy atom. The van der Waals surface area contributed by atoms with Crippen molar-refractivity contribution in [2.45, 2.75) is 13.1 Å². The number of hydrogen-bond acceptors (Lipinski definition) is 2. The van der Waals surface area contributed by atoms with E-state index >= 15 is 0 Å². The molecule has 7 heteroatoms. The first-order valence-electron chi connectivity index (χ1n) is 5.39. The van der Waals surface area contributed by atoms with Gasteiger partial charge in [0.2, 0.25) is 0 Å². The van der Waals surface area contributed by atoms with Gasteiger partial charge in [-0.05, 0) is 25.1 Å². The molecule has 2 rings (SSSR count). The number of rotatable bonds is 2. The van der Waals surface area contributed by atoms with Crippen LogP contribution in [0.5, 0.6) is 0 Å². The molecule has 0 unspecified atom stereocenters. The highest BCUT2D eigenvalue weighted by molar-refractivity contribution is 9.10. The van der Waals surface area contributed by atoms with Crippen molar-refractivity contribution in [2.24, 2.45) is 0 Å². The van der Waals surface area contributed by atoms with Crippen LogP contribution in [-0.2, 0) is 10.9 Å². The van der Waals surface area contributed by atoms with E-state index in [1.807, 2.05) is 0 Å². The second-order valence-corrected chi connectivity index (χ2v) is 4.67. The first kappa shape index (κ1) is 13.9. The summed E-state index contributed by atoms with van der Waals surface area (Å²) in [7, 11) is 0. The Morgan fingerprint density at radius 1 is 1.37 bits per heavy atom. The molecule has 0 aliphatic rings. The van der Waals surface area contributed by atoms with Crippen LogP contribution in [-0.4, -0.2) is 17.6 Å². The monoisotopic (exact) mass is 335 g/mol. The molecule has 1 N–H and O–H groups in total. The van der Waals surface area contributed by atoms with Gasteiger partial charge < -0.3 is 9.72 Å². The van der Waals surface area contributed by atoms with Crippen molar-refractivity contribution >= 4 is 32.8 Å². The summed E-state index contributed by atoms with van der Waals surface area (Å²) in [5.74, 6) is -0.598. The predicted molar refractivity (Wildman–Crippen MR) is 67.0 cm³/mol. The molecule has 0 amide bonds. The highest BCUT2D eigenvalue weighted by Gasteiger charge is 2.31. The zero-order valence-corrected chi connectivity index (χ0v) is 11.4. The van der Waals surface area contributed by atoms with E-state index in [1.165, 1.54) is 6.07 Å². The molecule has 19 heavy (non-hydrogen) atoms. The van der Waals surface area contributed by atoms with Crippen molar-refractivity contribution < 1.29 is 22.7 Å². The number of esters is 1. The first-order valence-corrected chi connectivity index (χ1v) is 6.19. The molecule has 0 spiro atoms. The smallest absolute Gasteiger partial charge is 0.416 e. The molecule has 1 aromatic heterocycles. The van der Waals surface area contributed by atoms with Crippen LogP contribution in [0.3, 0.4) is 0 Å². The number of aromatic amines is 1. The summed E-state index contributed by atoms with van der Waals surface area (Å²) in [6, 6.07) is 3.39. The Hall–Kier alpha value is -1.50. The van der Waals surface area contributed by atoms with Gasteiger partial charge >= 0.3 is 12.1 Å². The fourth-order valence-electron chi connectivity index (χ4n) is 1.68. The number of carbonyl (C=O) groups is 1. The molecular weight excluding hydrogens is 327 g/mol. The van der Waals surface area contributed by atoms with E-state index in [0.717, 1.165) is 12.1 Å². The van der Waals surface area contributed by atoms with E-state index in [-0.39, 0.29) is 22.3 Å². The summed E-state index contributed by atoms with van der Waals surface area (Å²) in [4.78, 5) is 14.1. The molecule has 3 nitrogen and oxygen atoms in total. The minimum Gasteiger partial charge on any atom is -0.461 e. The molecule has 0 fully saturated rings. The Bertz CT molecular complexity index is 634. The molecule has 1 heterocycles. The van der Waals surface area contributed by atoms with Crippen LogP contribution in [0.1, 0.15) is 23.0 Å². The molecule has 0 radical (unpaired) electrons. The van der Waals surface area contributed by atoms with Crippen LogP contribution in [0.25, 0.3) is 10.9 Å². The molecule has 0 atom stereocenters. The Balaban J connectivity index is 2.54. The summed E-state index contributed by atoms with van der Waals surface area (Å²) >= 11 is 3.07. The van der Waals surface area contributed by atoms with Crippen LogP contribution < -0.4 is 0 Å². The van der Waals surface area contributed by atoms with Crippen LogP contribution in [0.4, 0.5) is 13.2 Å². The Morgan fingerprint density at radius 2 is 2.05 bits per heavy atom. The summed E-state index contributed by atoms with van der Waals surface area (Å²) in [6.45, 7) is 1.85. The molecule has 0 saturated carbocycles. The third kappa shape index (κ3) is 2.75. The largest absolute Gasteiger partial charge is 0.461 e. The number of hydrogen-bond donors (Lipinski definition) is 1. The second-order valence-electron chi connectivity index (χ2n) is 3.82. The Labute approximate surface area is 114 Å². The van der Waals surface area contributed by atoms with Crippen LogP contribution in [0.2, 0.25) is 0 Å². The number of halogens is 4. The summed E-state index contributed by atoms with van der Waals surface area (Å²) in [5, 5.41) is 0.496. The van der Waals surface area contributed by atoms with Crippen LogP contribution in [0.15, 0.2) is 22.7 Å². The van der Waals surface area contributed by atoms with Crippen molar-refractivity contribution in [3.8, 4) is 0 Å². The molecule has 0 aliphatic carbocycles. The maximum absolute atomic E-state index is 12.7. The fraction of sp³-hybridized carbons (Fsp3) is 0.250. The van der Waals surface area contributed by atoms with Crippen molar-refractivity contribution in [1.29, 1.82) is 0 Å². The molecular formula is C12H9BrF3NO2. The van der Waals surface area contributed by atoms with Gasteiger partial charge in [-0.2, -0.15) is 13.2 Å². The number of alkyl halides is 3. The summed E-state index contributed by atoms with van der Waals surface area (Å²) in [6.07, 6.45) is -4.44. The zero-order chi connectivity index (χ0) is 14.2. The summed E-state index contributed by atoms with van der Waals surface area (Å²) in [5.41, 5.74) is -0.439. The molecule has 2 aromatic rings. The number of benzene rings is 1. The van der Waals surface area contributed by atoms with E-state index < -0.39 is 17.7 Å². The molecule has 102 valence electrons. The highest BCUT2D eigenvalue weighted by Crippen LogP contribution is 2.35. The van der Waals surface area contributed by atoms with E-state index in [4.69, 9.17) is 4.74 Å². The topological polar surface area (TPSA) is 42.1 Å². The number of H-pyrrole nitrogens is 1. The number of ether oxygens (including phenoxy) is 1. The molecule has 0 bridgehead atoms. The normalized spacial score (nSPS) is 11.8. The fourth-order valence-corrected chi connectivity index (χ4v) is 2.25. The van der Waals surface area contributed by atoms with E-state index in [1.54, 1.807) is 6.92 Å². The minimum absolute atomic E-state index is 0.122. The maximum atomic E-state index is 12.7. The highest BCUT2D eigenvalue weighted by atomic mass is 79.9. The van der Waals surface area contributed by atoms with Crippen molar-refractivity contribution in [3.05, 3.63) is 33.9 Å².